The molecule has 1 aliphatic rings. The van der Waals surface area contributed by atoms with Gasteiger partial charge in [-0.3, -0.25) is 14.1 Å². The van der Waals surface area contributed by atoms with Crippen molar-refractivity contribution >= 4 is 22.1 Å². The van der Waals surface area contributed by atoms with E-state index >= 15 is 0 Å². The Bertz CT molecular complexity index is 1150. The van der Waals surface area contributed by atoms with Gasteiger partial charge in [-0.25, -0.2) is 0 Å². The molecule has 12 nitrogen and oxygen atoms in total. The molecule has 1 saturated heterocycles. The normalized spacial score (nSPS) is 19.7. The molecule has 0 amide bonds. The van der Waals surface area contributed by atoms with Gasteiger partial charge in [0.15, 0.2) is 12.4 Å². The first kappa shape index (κ1) is 58.7. The Hall–Kier alpha value is -1.35. The molecule has 1 heterocycles. The summed E-state index contributed by atoms with van der Waals surface area (Å²) in [5.74, 6) is -1.96. The molecule has 6 atom stereocenters. The second kappa shape index (κ2) is 40.0. The zero-order valence-electron chi connectivity index (χ0n) is 39.5. The maximum atomic E-state index is 12.9. The SMILES string of the molecule is CCCCCCCCCCCCCCCCCCCCCCCCC(=O)OC(COC(=O)CCCCCCCCCCCCCC)COC1OC(CS(=O)(=O)O)C(O)C(O)C1O. The number of hydrogen-bond acceptors (Lipinski definition) is 11. The topological polar surface area (TPSA) is 186 Å². The highest BCUT2D eigenvalue weighted by Gasteiger charge is 2.46. The number of carbonyl (C=O) groups excluding carboxylic acids is 2. The largest absolute Gasteiger partial charge is 0.462 e. The van der Waals surface area contributed by atoms with Crippen LogP contribution in [0, 0.1) is 0 Å². The Morgan fingerprint density at radius 3 is 1.18 bits per heavy atom. The van der Waals surface area contributed by atoms with E-state index in [0.717, 1.165) is 38.5 Å². The predicted octanol–water partition coefficient (Wildman–Crippen LogP) is 11.2. The van der Waals surface area contributed by atoms with Crippen LogP contribution in [0.1, 0.15) is 245 Å². The van der Waals surface area contributed by atoms with Crippen molar-refractivity contribution in [2.45, 2.75) is 282 Å². The Morgan fingerprint density at radius 1 is 0.484 bits per heavy atom. The van der Waals surface area contributed by atoms with E-state index in [2.05, 4.69) is 13.8 Å². The van der Waals surface area contributed by atoms with Gasteiger partial charge in [-0.2, -0.15) is 8.42 Å². The highest BCUT2D eigenvalue weighted by molar-refractivity contribution is 7.85. The molecule has 0 radical (unpaired) electrons. The average molecular weight is 907 g/mol. The number of ether oxygens (including phenoxy) is 4. The van der Waals surface area contributed by atoms with Crippen LogP contribution in [-0.2, 0) is 38.7 Å². The fourth-order valence-corrected chi connectivity index (χ4v) is 8.90. The summed E-state index contributed by atoms with van der Waals surface area (Å²) >= 11 is 0. The first-order valence-electron chi connectivity index (χ1n) is 25.6. The van der Waals surface area contributed by atoms with E-state index in [1.165, 1.54) is 167 Å². The minimum Gasteiger partial charge on any atom is -0.462 e. The highest BCUT2D eigenvalue weighted by Crippen LogP contribution is 2.24. The number of aliphatic hydroxyl groups is 3. The highest BCUT2D eigenvalue weighted by atomic mass is 32.2. The standard InChI is InChI=1S/C49H94O12S/c1-3-5-7-9-11-13-15-17-18-19-20-21-22-23-24-25-26-28-30-32-34-36-38-45(51)60-42(40-59-49-48(54)47(53)46(52)43(61-49)41-62(55,56)57)39-58-44(50)37-35-33-31-29-27-16-14-12-10-8-6-4-2/h42-43,46-49,52-54H,3-41H2,1-2H3,(H,55,56,57). The third-order valence-corrected chi connectivity index (χ3v) is 12.9. The van der Waals surface area contributed by atoms with Crippen molar-refractivity contribution in [2.75, 3.05) is 19.0 Å². The smallest absolute Gasteiger partial charge is 0.306 e. The van der Waals surface area contributed by atoms with Crippen molar-refractivity contribution in [1.82, 2.24) is 0 Å². The second-order valence-corrected chi connectivity index (χ2v) is 19.7. The van der Waals surface area contributed by atoms with E-state index in [4.69, 9.17) is 18.9 Å². The Balaban J connectivity index is 2.32. The quantitative estimate of drug-likeness (QED) is 0.0258. The van der Waals surface area contributed by atoms with Crippen molar-refractivity contribution in [2.24, 2.45) is 0 Å². The summed E-state index contributed by atoms with van der Waals surface area (Å²) in [7, 11) is -4.60. The Morgan fingerprint density at radius 2 is 0.823 bits per heavy atom. The van der Waals surface area contributed by atoms with Gasteiger partial charge < -0.3 is 34.3 Å². The van der Waals surface area contributed by atoms with Crippen LogP contribution >= 0.6 is 0 Å². The summed E-state index contributed by atoms with van der Waals surface area (Å²) in [5.41, 5.74) is 0. The first-order valence-corrected chi connectivity index (χ1v) is 27.2. The monoisotopic (exact) mass is 907 g/mol. The van der Waals surface area contributed by atoms with E-state index < -0.39 is 71.2 Å². The summed E-state index contributed by atoms with van der Waals surface area (Å²) < 4.78 is 54.2. The molecule has 0 saturated carbocycles. The summed E-state index contributed by atoms with van der Waals surface area (Å²) in [5, 5.41) is 30.9. The molecule has 0 aromatic rings. The fraction of sp³-hybridized carbons (Fsp3) is 0.959. The minimum atomic E-state index is -4.60. The van der Waals surface area contributed by atoms with Gasteiger partial charge >= 0.3 is 11.9 Å². The predicted molar refractivity (Wildman–Crippen MR) is 247 cm³/mol. The Labute approximate surface area is 378 Å². The molecule has 1 fully saturated rings. The molecule has 0 aliphatic carbocycles. The van der Waals surface area contributed by atoms with Crippen LogP contribution in [-0.4, -0.2) is 96.0 Å². The van der Waals surface area contributed by atoms with Crippen molar-refractivity contribution in [3.63, 3.8) is 0 Å². The van der Waals surface area contributed by atoms with E-state index in [9.17, 15) is 37.9 Å². The molecule has 6 unspecified atom stereocenters. The third-order valence-electron chi connectivity index (χ3n) is 12.2. The lowest BCUT2D eigenvalue weighted by molar-refractivity contribution is -0.297. The van der Waals surface area contributed by atoms with Gasteiger partial charge in [0, 0.05) is 12.8 Å². The van der Waals surface area contributed by atoms with E-state index in [-0.39, 0.29) is 19.4 Å². The van der Waals surface area contributed by atoms with Gasteiger partial charge in [0.05, 0.1) is 6.61 Å². The zero-order valence-corrected chi connectivity index (χ0v) is 40.3. The average Bonchev–Trinajstić information content (AvgIpc) is 3.24. The zero-order chi connectivity index (χ0) is 45.5. The van der Waals surface area contributed by atoms with E-state index in [0.29, 0.717) is 12.8 Å². The number of carbonyl (C=O) groups is 2. The maximum Gasteiger partial charge on any atom is 0.306 e. The van der Waals surface area contributed by atoms with Crippen LogP contribution in [0.5, 0.6) is 0 Å². The molecular formula is C49H94O12S. The van der Waals surface area contributed by atoms with Crippen LogP contribution in [0.25, 0.3) is 0 Å². The van der Waals surface area contributed by atoms with Gasteiger partial charge in [0.1, 0.15) is 36.8 Å². The summed E-state index contributed by atoms with van der Waals surface area (Å²) in [6.45, 7) is 3.80. The van der Waals surface area contributed by atoms with Gasteiger partial charge in [0.2, 0.25) is 0 Å². The molecule has 13 heteroatoms. The molecule has 1 aliphatic heterocycles. The van der Waals surface area contributed by atoms with Crippen LogP contribution < -0.4 is 0 Å². The number of esters is 2. The van der Waals surface area contributed by atoms with Gasteiger partial charge in [0.25, 0.3) is 10.1 Å². The summed E-state index contributed by atoms with van der Waals surface area (Å²) in [6.07, 6.45) is 32.9. The third kappa shape index (κ3) is 34.1. The molecule has 4 N–H and O–H groups in total. The van der Waals surface area contributed by atoms with Crippen LogP contribution in [0.3, 0.4) is 0 Å². The summed E-state index contributed by atoms with van der Waals surface area (Å²) in [4.78, 5) is 25.5. The number of aliphatic hydroxyl groups excluding tert-OH is 3. The van der Waals surface area contributed by atoms with Gasteiger partial charge in [-0.05, 0) is 12.8 Å². The molecule has 0 aromatic heterocycles. The van der Waals surface area contributed by atoms with Crippen LogP contribution in [0.4, 0.5) is 0 Å². The van der Waals surface area contributed by atoms with E-state index in [1.54, 1.807) is 0 Å². The lowest BCUT2D eigenvalue weighted by atomic mass is 10.00. The molecule has 0 bridgehead atoms. The van der Waals surface area contributed by atoms with Crippen LogP contribution in [0.2, 0.25) is 0 Å². The maximum absolute atomic E-state index is 12.9. The molecule has 1 rings (SSSR count). The number of unbranched alkanes of at least 4 members (excludes halogenated alkanes) is 32. The van der Waals surface area contributed by atoms with Crippen molar-refractivity contribution in [3.8, 4) is 0 Å². The fourth-order valence-electron chi connectivity index (χ4n) is 8.21. The second-order valence-electron chi connectivity index (χ2n) is 18.2. The summed E-state index contributed by atoms with van der Waals surface area (Å²) in [6, 6.07) is 0. The minimum absolute atomic E-state index is 0.173. The number of rotatable bonds is 44. The lowest BCUT2D eigenvalue weighted by Crippen LogP contribution is -2.60. The molecule has 0 aromatic carbocycles. The van der Waals surface area contributed by atoms with Crippen molar-refractivity contribution in [1.29, 1.82) is 0 Å². The molecular weight excluding hydrogens is 813 g/mol. The first-order chi connectivity index (χ1) is 30.0. The van der Waals surface area contributed by atoms with Gasteiger partial charge in [-0.15, -0.1) is 0 Å². The molecule has 62 heavy (non-hydrogen) atoms. The van der Waals surface area contributed by atoms with Gasteiger partial charge in [-0.1, -0.05) is 219 Å². The Kier molecular flexibility index (Phi) is 37.8. The number of hydrogen-bond donors (Lipinski definition) is 4. The van der Waals surface area contributed by atoms with E-state index in [1.807, 2.05) is 0 Å². The van der Waals surface area contributed by atoms with Crippen molar-refractivity contribution < 1.29 is 56.8 Å². The lowest BCUT2D eigenvalue weighted by Gasteiger charge is -2.40. The molecule has 368 valence electrons. The van der Waals surface area contributed by atoms with Crippen LogP contribution in [0.15, 0.2) is 0 Å². The van der Waals surface area contributed by atoms with Crippen molar-refractivity contribution in [3.05, 3.63) is 0 Å². The molecule has 0 spiro atoms.